The first-order valence-electron chi connectivity index (χ1n) is 4.09. The van der Waals surface area contributed by atoms with Crippen molar-refractivity contribution in [3.05, 3.63) is 11.6 Å². The largest absolute Gasteiger partial charge is 0.295 e. The van der Waals surface area contributed by atoms with Gasteiger partial charge in [-0.3, -0.25) is 4.79 Å². The summed E-state index contributed by atoms with van der Waals surface area (Å²) in [5, 5.41) is 0. The van der Waals surface area contributed by atoms with Crippen LogP contribution in [0.15, 0.2) is 11.6 Å². The van der Waals surface area contributed by atoms with Crippen LogP contribution in [-0.2, 0) is 4.79 Å². The van der Waals surface area contributed by atoms with Crippen molar-refractivity contribution in [3.8, 4) is 0 Å². The van der Waals surface area contributed by atoms with Gasteiger partial charge in [0, 0.05) is 6.42 Å². The minimum atomic E-state index is 0.363. The van der Waals surface area contributed by atoms with Gasteiger partial charge in [-0.05, 0) is 31.3 Å². The van der Waals surface area contributed by atoms with Crippen LogP contribution in [0.1, 0.15) is 32.1 Å². The molecular formula is C9H12O. The molecule has 2 aliphatic carbocycles. The van der Waals surface area contributed by atoms with Gasteiger partial charge in [-0.25, -0.2) is 0 Å². The molecule has 0 radical (unpaired) electrons. The van der Waals surface area contributed by atoms with Crippen molar-refractivity contribution in [1.82, 2.24) is 0 Å². The van der Waals surface area contributed by atoms with E-state index in [2.05, 4.69) is 0 Å². The molecule has 1 heteroatoms. The SMILES string of the molecule is O=C1C=C2CCCC[C@@H]2C1. The minimum Gasteiger partial charge on any atom is -0.295 e. The van der Waals surface area contributed by atoms with Crippen molar-refractivity contribution >= 4 is 5.78 Å². The summed E-state index contributed by atoms with van der Waals surface area (Å²) in [5.41, 5.74) is 1.44. The molecule has 1 atom stereocenters. The third-order valence-electron chi connectivity index (χ3n) is 2.59. The Hall–Kier alpha value is -0.590. The van der Waals surface area contributed by atoms with Gasteiger partial charge in [-0.15, -0.1) is 0 Å². The van der Waals surface area contributed by atoms with Gasteiger partial charge in [0.1, 0.15) is 0 Å². The van der Waals surface area contributed by atoms with Crippen LogP contribution in [0.2, 0.25) is 0 Å². The monoisotopic (exact) mass is 136 g/mol. The van der Waals surface area contributed by atoms with E-state index >= 15 is 0 Å². The van der Waals surface area contributed by atoms with Gasteiger partial charge >= 0.3 is 0 Å². The number of carbonyl (C=O) groups excluding carboxylic acids is 1. The van der Waals surface area contributed by atoms with Crippen molar-refractivity contribution < 1.29 is 4.79 Å². The number of rotatable bonds is 0. The standard InChI is InChI=1S/C9H12O/c10-9-5-7-3-1-2-4-8(7)6-9/h5,8H,1-4,6H2/t8-/m1/s1. The lowest BCUT2D eigenvalue weighted by atomic mass is 9.86. The van der Waals surface area contributed by atoms with Crippen molar-refractivity contribution in [2.75, 3.05) is 0 Å². The lowest BCUT2D eigenvalue weighted by molar-refractivity contribution is -0.114. The third kappa shape index (κ3) is 0.898. The lowest BCUT2D eigenvalue weighted by Gasteiger charge is -2.18. The number of allylic oxidation sites excluding steroid dienone is 2. The van der Waals surface area contributed by atoms with Gasteiger partial charge in [0.05, 0.1) is 0 Å². The highest BCUT2D eigenvalue weighted by Crippen LogP contribution is 2.35. The Kier molecular flexibility index (Phi) is 1.37. The van der Waals surface area contributed by atoms with E-state index in [1.54, 1.807) is 0 Å². The van der Waals surface area contributed by atoms with Gasteiger partial charge in [0.25, 0.3) is 0 Å². The van der Waals surface area contributed by atoms with Crippen LogP contribution >= 0.6 is 0 Å². The molecule has 0 spiro atoms. The zero-order valence-corrected chi connectivity index (χ0v) is 6.10. The normalized spacial score (nSPS) is 31.8. The molecule has 10 heavy (non-hydrogen) atoms. The average molecular weight is 136 g/mol. The van der Waals surface area contributed by atoms with E-state index in [0.717, 1.165) is 6.42 Å². The van der Waals surface area contributed by atoms with Gasteiger partial charge in [0.2, 0.25) is 0 Å². The molecule has 0 aliphatic heterocycles. The Morgan fingerprint density at radius 3 is 3.10 bits per heavy atom. The van der Waals surface area contributed by atoms with Crippen LogP contribution in [-0.4, -0.2) is 5.78 Å². The quantitative estimate of drug-likeness (QED) is 0.498. The Labute approximate surface area is 61.1 Å². The van der Waals surface area contributed by atoms with Crippen LogP contribution in [0.5, 0.6) is 0 Å². The fourth-order valence-electron chi connectivity index (χ4n) is 2.04. The molecular weight excluding hydrogens is 124 g/mol. The zero-order valence-electron chi connectivity index (χ0n) is 6.10. The first-order valence-corrected chi connectivity index (χ1v) is 4.09. The Balaban J connectivity index is 2.17. The highest BCUT2D eigenvalue weighted by molar-refractivity contribution is 5.93. The Morgan fingerprint density at radius 2 is 2.30 bits per heavy atom. The molecule has 0 unspecified atom stereocenters. The number of hydrogen-bond acceptors (Lipinski definition) is 1. The van der Waals surface area contributed by atoms with Crippen LogP contribution in [0, 0.1) is 5.92 Å². The van der Waals surface area contributed by atoms with Crippen molar-refractivity contribution in [2.45, 2.75) is 32.1 Å². The van der Waals surface area contributed by atoms with Gasteiger partial charge in [-0.1, -0.05) is 12.0 Å². The summed E-state index contributed by atoms with van der Waals surface area (Å²) in [4.78, 5) is 10.9. The summed E-state index contributed by atoms with van der Waals surface area (Å²) in [5.74, 6) is 1.02. The maximum atomic E-state index is 10.9. The fraction of sp³-hybridized carbons (Fsp3) is 0.667. The molecule has 54 valence electrons. The summed E-state index contributed by atoms with van der Waals surface area (Å²) in [6.07, 6.45) is 7.78. The van der Waals surface area contributed by atoms with E-state index in [-0.39, 0.29) is 0 Å². The van der Waals surface area contributed by atoms with Gasteiger partial charge < -0.3 is 0 Å². The van der Waals surface area contributed by atoms with E-state index < -0.39 is 0 Å². The summed E-state index contributed by atoms with van der Waals surface area (Å²) in [7, 11) is 0. The molecule has 1 nitrogen and oxygen atoms in total. The van der Waals surface area contributed by atoms with E-state index in [1.165, 1.54) is 31.3 Å². The lowest BCUT2D eigenvalue weighted by Crippen LogP contribution is -2.05. The maximum Gasteiger partial charge on any atom is 0.156 e. The number of hydrogen-bond donors (Lipinski definition) is 0. The first-order chi connectivity index (χ1) is 4.86. The topological polar surface area (TPSA) is 17.1 Å². The van der Waals surface area contributed by atoms with Crippen LogP contribution in [0.25, 0.3) is 0 Å². The van der Waals surface area contributed by atoms with Crippen LogP contribution in [0.3, 0.4) is 0 Å². The van der Waals surface area contributed by atoms with Gasteiger partial charge in [0.15, 0.2) is 5.78 Å². The maximum absolute atomic E-state index is 10.9. The Bertz CT molecular complexity index is 191. The van der Waals surface area contributed by atoms with Gasteiger partial charge in [-0.2, -0.15) is 0 Å². The smallest absolute Gasteiger partial charge is 0.156 e. The highest BCUT2D eigenvalue weighted by Gasteiger charge is 2.26. The second kappa shape index (κ2) is 2.22. The predicted octanol–water partition coefficient (Wildman–Crippen LogP) is 2.08. The number of fused-ring (bicyclic) bond motifs is 1. The second-order valence-electron chi connectivity index (χ2n) is 3.33. The third-order valence-corrected chi connectivity index (χ3v) is 2.59. The predicted molar refractivity (Wildman–Crippen MR) is 39.7 cm³/mol. The van der Waals surface area contributed by atoms with Crippen LogP contribution in [0.4, 0.5) is 0 Å². The second-order valence-corrected chi connectivity index (χ2v) is 3.33. The summed E-state index contributed by atoms with van der Waals surface area (Å²) in [6, 6.07) is 0. The molecule has 0 amide bonds. The molecule has 0 bridgehead atoms. The van der Waals surface area contributed by atoms with Crippen molar-refractivity contribution in [3.63, 3.8) is 0 Å². The molecule has 0 N–H and O–H groups in total. The van der Waals surface area contributed by atoms with Crippen molar-refractivity contribution in [2.24, 2.45) is 5.92 Å². The van der Waals surface area contributed by atoms with E-state index in [9.17, 15) is 4.79 Å². The first kappa shape index (κ1) is 6.14. The van der Waals surface area contributed by atoms with Crippen LogP contribution < -0.4 is 0 Å². The Morgan fingerprint density at radius 1 is 1.40 bits per heavy atom. The van der Waals surface area contributed by atoms with E-state index in [4.69, 9.17) is 0 Å². The zero-order chi connectivity index (χ0) is 6.97. The molecule has 0 saturated heterocycles. The summed E-state index contributed by atoms with van der Waals surface area (Å²) in [6.45, 7) is 0. The fourth-order valence-corrected chi connectivity index (χ4v) is 2.04. The van der Waals surface area contributed by atoms with Crippen molar-refractivity contribution in [1.29, 1.82) is 0 Å². The molecule has 0 aromatic carbocycles. The molecule has 1 fully saturated rings. The number of carbonyl (C=O) groups is 1. The molecule has 2 rings (SSSR count). The molecule has 0 aromatic rings. The molecule has 1 saturated carbocycles. The minimum absolute atomic E-state index is 0.363. The summed E-state index contributed by atoms with van der Waals surface area (Å²) < 4.78 is 0. The molecule has 0 aromatic heterocycles. The molecule has 0 heterocycles. The van der Waals surface area contributed by atoms with E-state index in [0.29, 0.717) is 11.7 Å². The summed E-state index contributed by atoms with van der Waals surface area (Å²) >= 11 is 0. The average Bonchev–Trinajstić information content (AvgIpc) is 2.27. The van der Waals surface area contributed by atoms with E-state index in [1.807, 2.05) is 6.08 Å². The number of ketones is 1. The molecule has 2 aliphatic rings. The highest BCUT2D eigenvalue weighted by atomic mass is 16.1.